The van der Waals surface area contributed by atoms with Crippen molar-refractivity contribution in [2.45, 2.75) is 19.5 Å². The number of hydrogen-bond donors (Lipinski definition) is 2. The second-order valence-corrected chi connectivity index (χ2v) is 2.37. The zero-order valence-corrected chi connectivity index (χ0v) is 8.06. The molecule has 0 saturated carbocycles. The van der Waals surface area contributed by atoms with E-state index >= 15 is 0 Å². The van der Waals surface area contributed by atoms with Crippen LogP contribution in [0.2, 0.25) is 0 Å². The fourth-order valence-corrected chi connectivity index (χ4v) is 0.743. The predicted molar refractivity (Wildman–Crippen MR) is 52.1 cm³/mol. The lowest BCUT2D eigenvalue weighted by molar-refractivity contribution is -0.112. The number of carbonyl (C=O) groups is 2. The first-order valence-corrected chi connectivity index (χ1v) is 4.32. The van der Waals surface area contributed by atoms with E-state index in [0.29, 0.717) is 32.3 Å². The maximum atomic E-state index is 10.1. The molecule has 6 heteroatoms. The molecular formula is C8H14N4O2. The molecule has 78 valence electrons. The molecule has 0 rings (SSSR count). The van der Waals surface area contributed by atoms with Crippen LogP contribution >= 0.6 is 0 Å². The third-order valence-corrected chi connectivity index (χ3v) is 1.37. The van der Waals surface area contributed by atoms with Crippen LogP contribution in [0.1, 0.15) is 13.3 Å². The average Bonchev–Trinajstić information content (AvgIpc) is 2.18. The molecule has 2 amide bonds. The van der Waals surface area contributed by atoms with E-state index in [2.05, 4.69) is 26.6 Å². The largest absolute Gasteiger partial charge is 0.339 e. The Morgan fingerprint density at radius 2 is 1.93 bits per heavy atom. The van der Waals surface area contributed by atoms with Gasteiger partial charge in [0.1, 0.15) is 6.17 Å². The Hall–Kier alpha value is -1.68. The fraction of sp³-hybridized carbons (Fsp3) is 0.625. The van der Waals surface area contributed by atoms with E-state index < -0.39 is 0 Å². The van der Waals surface area contributed by atoms with Crippen LogP contribution in [0.4, 0.5) is 0 Å². The van der Waals surface area contributed by atoms with Gasteiger partial charge < -0.3 is 10.6 Å². The van der Waals surface area contributed by atoms with Gasteiger partial charge in [-0.3, -0.25) is 9.59 Å². The van der Waals surface area contributed by atoms with E-state index in [9.17, 15) is 9.59 Å². The lowest BCUT2D eigenvalue weighted by Crippen LogP contribution is -2.41. The van der Waals surface area contributed by atoms with Crippen LogP contribution in [0.15, 0.2) is 9.98 Å². The molecule has 0 atom stereocenters. The first kappa shape index (κ1) is 12.3. The topological polar surface area (TPSA) is 82.9 Å². The summed E-state index contributed by atoms with van der Waals surface area (Å²) in [5, 5.41) is 4.87. The van der Waals surface area contributed by atoms with E-state index in [0.717, 1.165) is 0 Å². The Kier molecular flexibility index (Phi) is 8.28. The zero-order chi connectivity index (χ0) is 10.6. The third kappa shape index (κ3) is 7.00. The summed E-state index contributed by atoms with van der Waals surface area (Å²) in [6, 6.07) is 2.49. The second kappa shape index (κ2) is 9.41. The van der Waals surface area contributed by atoms with Crippen molar-refractivity contribution in [3.63, 3.8) is 0 Å². The quantitative estimate of drug-likeness (QED) is 0.310. The van der Waals surface area contributed by atoms with Gasteiger partial charge in [0.25, 0.3) is 0 Å². The van der Waals surface area contributed by atoms with Gasteiger partial charge in [0.05, 0.1) is 12.6 Å². The van der Waals surface area contributed by atoms with Crippen molar-refractivity contribution in [2.75, 3.05) is 13.1 Å². The highest BCUT2D eigenvalue weighted by atomic mass is 16.1. The number of nitrogens with one attached hydrogen (secondary N) is 2. The minimum absolute atomic E-state index is 0.378. The van der Waals surface area contributed by atoms with Crippen LogP contribution in [-0.4, -0.2) is 38.1 Å². The van der Waals surface area contributed by atoms with E-state index in [1.165, 1.54) is 0 Å². The average molecular weight is 198 g/mol. The molecule has 0 aromatic carbocycles. The second-order valence-electron chi connectivity index (χ2n) is 2.37. The first-order valence-electron chi connectivity index (χ1n) is 4.32. The van der Waals surface area contributed by atoms with E-state index in [1.807, 2.05) is 6.92 Å². The molecule has 6 nitrogen and oxygen atoms in total. The Bertz CT molecular complexity index is 213. The van der Waals surface area contributed by atoms with Crippen LogP contribution in [0, 0.1) is 0 Å². The Balaban J connectivity index is 3.74. The van der Waals surface area contributed by atoms with Gasteiger partial charge in [-0.05, 0) is 6.92 Å². The summed E-state index contributed by atoms with van der Waals surface area (Å²) in [5.41, 5.74) is 0. The van der Waals surface area contributed by atoms with Crippen LogP contribution in [-0.2, 0) is 9.59 Å². The van der Waals surface area contributed by atoms with Crippen LogP contribution < -0.4 is 10.6 Å². The fourth-order valence-electron chi connectivity index (χ4n) is 0.743. The standard InChI is InChI=1S/C8H14N4O2/c1-2-9-5-10-4-3-8(11-6-13)12-7-14/h6-8H,2-4H2,1H3,(H,11,13)(H,12,14). The van der Waals surface area contributed by atoms with Gasteiger partial charge in [-0.2, -0.15) is 0 Å². The normalized spacial score (nSPS) is 8.71. The minimum atomic E-state index is -0.378. The Morgan fingerprint density at radius 3 is 2.43 bits per heavy atom. The Morgan fingerprint density at radius 1 is 1.29 bits per heavy atom. The van der Waals surface area contributed by atoms with Crippen molar-refractivity contribution in [2.24, 2.45) is 9.98 Å². The SMILES string of the molecule is CCN=C=NCCC(NC=O)NC=O. The van der Waals surface area contributed by atoms with Crippen LogP contribution in [0.5, 0.6) is 0 Å². The number of carbonyl (C=O) groups excluding carboxylic acids is 2. The van der Waals surface area contributed by atoms with Gasteiger partial charge in [-0.1, -0.05) is 0 Å². The maximum absolute atomic E-state index is 10.1. The van der Waals surface area contributed by atoms with Crippen molar-refractivity contribution in [3.8, 4) is 0 Å². The molecule has 0 aliphatic carbocycles. The molecule has 14 heavy (non-hydrogen) atoms. The summed E-state index contributed by atoms with van der Waals surface area (Å²) in [6.45, 7) is 2.98. The maximum Gasteiger partial charge on any atom is 0.208 e. The lowest BCUT2D eigenvalue weighted by atomic mass is 10.3. The molecule has 0 aromatic heterocycles. The van der Waals surface area contributed by atoms with Crippen LogP contribution in [0.25, 0.3) is 0 Å². The van der Waals surface area contributed by atoms with Crippen molar-refractivity contribution in [1.82, 2.24) is 10.6 Å². The predicted octanol–water partition coefficient (Wildman–Crippen LogP) is -0.612. The summed E-state index contributed by atoms with van der Waals surface area (Å²) >= 11 is 0. The number of rotatable bonds is 8. The highest BCUT2D eigenvalue weighted by molar-refractivity contribution is 5.50. The third-order valence-electron chi connectivity index (χ3n) is 1.37. The van der Waals surface area contributed by atoms with Gasteiger partial charge in [0.2, 0.25) is 12.8 Å². The number of nitrogens with zero attached hydrogens (tertiary/aromatic N) is 2. The van der Waals surface area contributed by atoms with Gasteiger partial charge in [-0.25, -0.2) is 9.98 Å². The van der Waals surface area contributed by atoms with Gasteiger partial charge >= 0.3 is 0 Å². The van der Waals surface area contributed by atoms with Gasteiger partial charge in [0, 0.05) is 13.0 Å². The molecule has 0 aromatic rings. The molecule has 0 heterocycles. The molecule has 0 fully saturated rings. The van der Waals surface area contributed by atoms with Gasteiger partial charge in [-0.15, -0.1) is 0 Å². The summed E-state index contributed by atoms with van der Waals surface area (Å²) in [4.78, 5) is 27.8. The number of hydrogen-bond acceptors (Lipinski definition) is 4. The first-order chi connectivity index (χ1) is 6.85. The van der Waals surface area contributed by atoms with Gasteiger partial charge in [0.15, 0.2) is 0 Å². The molecule has 0 saturated heterocycles. The monoisotopic (exact) mass is 198 g/mol. The molecule has 0 spiro atoms. The van der Waals surface area contributed by atoms with Crippen LogP contribution in [0.3, 0.4) is 0 Å². The minimum Gasteiger partial charge on any atom is -0.339 e. The molecule has 0 aliphatic rings. The highest BCUT2D eigenvalue weighted by Gasteiger charge is 2.02. The summed E-state index contributed by atoms with van der Waals surface area (Å²) < 4.78 is 0. The van der Waals surface area contributed by atoms with E-state index in [-0.39, 0.29) is 6.17 Å². The number of amides is 2. The summed E-state index contributed by atoms with van der Waals surface area (Å²) in [5.74, 6) is 0. The summed E-state index contributed by atoms with van der Waals surface area (Å²) in [7, 11) is 0. The zero-order valence-electron chi connectivity index (χ0n) is 8.06. The molecule has 0 aliphatic heterocycles. The van der Waals surface area contributed by atoms with Crippen molar-refractivity contribution in [3.05, 3.63) is 0 Å². The van der Waals surface area contributed by atoms with E-state index in [1.54, 1.807) is 0 Å². The number of aliphatic imine (C=N–C) groups is 2. The Labute approximate surface area is 82.5 Å². The van der Waals surface area contributed by atoms with E-state index in [4.69, 9.17) is 0 Å². The molecule has 0 unspecified atom stereocenters. The molecule has 0 bridgehead atoms. The van der Waals surface area contributed by atoms with Crippen molar-refractivity contribution < 1.29 is 9.59 Å². The van der Waals surface area contributed by atoms with Crippen molar-refractivity contribution in [1.29, 1.82) is 0 Å². The summed E-state index contributed by atoms with van der Waals surface area (Å²) in [6.07, 6.45) is 1.21. The lowest BCUT2D eigenvalue weighted by Gasteiger charge is -2.12. The molecule has 0 radical (unpaired) electrons. The molecule has 2 N–H and O–H groups in total. The smallest absolute Gasteiger partial charge is 0.208 e. The molecular weight excluding hydrogens is 184 g/mol. The van der Waals surface area contributed by atoms with Crippen molar-refractivity contribution >= 4 is 18.8 Å². The highest BCUT2D eigenvalue weighted by Crippen LogP contribution is 1.85.